The molecule has 2 rings (SSSR count). The number of benzene rings is 2. The van der Waals surface area contributed by atoms with E-state index in [9.17, 15) is 19.7 Å². The summed E-state index contributed by atoms with van der Waals surface area (Å²) in [4.78, 5) is 34.3. The quantitative estimate of drug-likeness (QED) is 0.257. The minimum Gasteiger partial charge on any atom is -0.451 e. The summed E-state index contributed by atoms with van der Waals surface area (Å²) in [5.41, 5.74) is 3.15. The molecule has 0 aromatic heterocycles. The van der Waals surface area contributed by atoms with E-state index < -0.39 is 17.0 Å². The van der Waals surface area contributed by atoms with Gasteiger partial charge in [-0.25, -0.2) is 4.79 Å². The van der Waals surface area contributed by atoms with Crippen molar-refractivity contribution in [1.82, 2.24) is 0 Å². The van der Waals surface area contributed by atoms with E-state index in [0.717, 1.165) is 11.1 Å². The molecule has 0 aliphatic carbocycles. The predicted octanol–water partition coefficient (Wildman–Crippen LogP) is 4.04. The molecule has 2 aromatic rings. The van der Waals surface area contributed by atoms with Crippen molar-refractivity contribution in [3.63, 3.8) is 0 Å². The van der Waals surface area contributed by atoms with Gasteiger partial charge in [0.15, 0.2) is 6.10 Å². The average Bonchev–Trinajstić information content (AvgIpc) is 2.62. The van der Waals surface area contributed by atoms with Gasteiger partial charge in [-0.05, 0) is 61.7 Å². The summed E-state index contributed by atoms with van der Waals surface area (Å²) in [6, 6.07) is 11.1. The Morgan fingerprint density at radius 1 is 1.08 bits per heavy atom. The van der Waals surface area contributed by atoms with Crippen LogP contribution in [0.15, 0.2) is 48.5 Å². The van der Waals surface area contributed by atoms with Crippen LogP contribution in [0.4, 0.5) is 5.69 Å². The Balaban J connectivity index is 1.98. The second-order valence-electron chi connectivity index (χ2n) is 5.92. The van der Waals surface area contributed by atoms with Gasteiger partial charge in [0.05, 0.1) is 4.92 Å². The van der Waals surface area contributed by atoms with Crippen molar-refractivity contribution in [2.45, 2.75) is 26.9 Å². The lowest BCUT2D eigenvalue weighted by molar-refractivity contribution is -0.384. The maximum absolute atomic E-state index is 12.4. The third-order valence-electron chi connectivity index (χ3n) is 3.97. The van der Waals surface area contributed by atoms with Crippen LogP contribution in [0.1, 0.15) is 34.0 Å². The van der Waals surface area contributed by atoms with Crippen LogP contribution in [0.3, 0.4) is 0 Å². The SMILES string of the molecule is Cc1ccc(C(=O)[C@@H](C)OC(=O)/C=C/c2ccc([N+](=O)[O-])cc2)cc1C. The minimum absolute atomic E-state index is 0.0302. The highest BCUT2D eigenvalue weighted by Crippen LogP contribution is 2.14. The van der Waals surface area contributed by atoms with E-state index in [-0.39, 0.29) is 11.5 Å². The topological polar surface area (TPSA) is 86.5 Å². The third-order valence-corrected chi connectivity index (χ3v) is 3.97. The largest absolute Gasteiger partial charge is 0.451 e. The lowest BCUT2D eigenvalue weighted by Crippen LogP contribution is -2.23. The Labute approximate surface area is 151 Å². The normalized spacial score (nSPS) is 12.0. The number of nitro groups is 1. The minimum atomic E-state index is -0.911. The van der Waals surface area contributed by atoms with Gasteiger partial charge in [-0.15, -0.1) is 0 Å². The molecule has 134 valence electrons. The van der Waals surface area contributed by atoms with Crippen LogP contribution >= 0.6 is 0 Å². The van der Waals surface area contributed by atoms with Crippen LogP contribution in [-0.2, 0) is 9.53 Å². The summed E-state index contributed by atoms with van der Waals surface area (Å²) >= 11 is 0. The van der Waals surface area contributed by atoms with Crippen molar-refractivity contribution < 1.29 is 19.2 Å². The molecule has 0 fully saturated rings. The summed E-state index contributed by atoms with van der Waals surface area (Å²) in [7, 11) is 0. The Bertz CT molecular complexity index is 868. The summed E-state index contributed by atoms with van der Waals surface area (Å²) < 4.78 is 5.14. The van der Waals surface area contributed by atoms with Crippen LogP contribution < -0.4 is 0 Å². The number of ether oxygens (including phenoxy) is 1. The lowest BCUT2D eigenvalue weighted by atomic mass is 10.0. The molecule has 26 heavy (non-hydrogen) atoms. The molecule has 0 aliphatic heterocycles. The molecule has 0 bridgehead atoms. The zero-order valence-electron chi connectivity index (χ0n) is 14.8. The Morgan fingerprint density at radius 3 is 2.31 bits per heavy atom. The summed E-state index contributed by atoms with van der Waals surface area (Å²) in [6.07, 6.45) is 1.75. The number of aryl methyl sites for hydroxylation is 2. The third kappa shape index (κ3) is 4.86. The van der Waals surface area contributed by atoms with Crippen LogP contribution in [-0.4, -0.2) is 22.8 Å². The van der Waals surface area contributed by atoms with Crippen LogP contribution in [0, 0.1) is 24.0 Å². The van der Waals surface area contributed by atoms with E-state index in [2.05, 4.69) is 0 Å². The number of ketones is 1. The Morgan fingerprint density at radius 2 is 1.73 bits per heavy atom. The van der Waals surface area contributed by atoms with Crippen molar-refractivity contribution in [2.75, 3.05) is 0 Å². The number of nitro benzene ring substituents is 1. The summed E-state index contributed by atoms with van der Waals surface area (Å²) in [6.45, 7) is 5.39. The van der Waals surface area contributed by atoms with Crippen molar-refractivity contribution in [3.05, 3.63) is 80.9 Å². The maximum atomic E-state index is 12.4. The second-order valence-corrected chi connectivity index (χ2v) is 5.92. The highest BCUT2D eigenvalue weighted by molar-refractivity contribution is 6.01. The first kappa shape index (κ1) is 19.1. The number of rotatable bonds is 6. The number of nitrogens with zero attached hydrogens (tertiary/aromatic N) is 1. The van der Waals surface area contributed by atoms with Gasteiger partial charge in [0, 0.05) is 23.8 Å². The van der Waals surface area contributed by atoms with Crippen molar-refractivity contribution >= 4 is 23.5 Å². The highest BCUT2D eigenvalue weighted by atomic mass is 16.6. The highest BCUT2D eigenvalue weighted by Gasteiger charge is 2.18. The fraction of sp³-hybridized carbons (Fsp3) is 0.200. The van der Waals surface area contributed by atoms with Gasteiger partial charge in [-0.3, -0.25) is 14.9 Å². The van der Waals surface area contributed by atoms with E-state index in [1.54, 1.807) is 12.1 Å². The summed E-state index contributed by atoms with van der Waals surface area (Å²) in [5.74, 6) is -0.932. The number of esters is 1. The van der Waals surface area contributed by atoms with E-state index in [4.69, 9.17) is 4.74 Å². The van der Waals surface area contributed by atoms with Gasteiger partial charge >= 0.3 is 5.97 Å². The van der Waals surface area contributed by atoms with Crippen LogP contribution in [0.25, 0.3) is 6.08 Å². The molecule has 2 aromatic carbocycles. The molecule has 0 spiro atoms. The first-order chi connectivity index (χ1) is 12.3. The molecule has 6 heteroatoms. The molecule has 0 unspecified atom stereocenters. The molecule has 0 saturated heterocycles. The van der Waals surface area contributed by atoms with E-state index >= 15 is 0 Å². The molecule has 6 nitrogen and oxygen atoms in total. The number of non-ortho nitro benzene ring substituents is 1. The van der Waals surface area contributed by atoms with Gasteiger partial charge < -0.3 is 4.74 Å². The van der Waals surface area contributed by atoms with Gasteiger partial charge in [0.2, 0.25) is 5.78 Å². The molecule has 0 aliphatic rings. The smallest absolute Gasteiger partial charge is 0.331 e. The lowest BCUT2D eigenvalue weighted by Gasteiger charge is -2.12. The summed E-state index contributed by atoms with van der Waals surface area (Å²) in [5, 5.41) is 10.6. The van der Waals surface area contributed by atoms with Crippen molar-refractivity contribution in [1.29, 1.82) is 0 Å². The molecule has 0 saturated carbocycles. The van der Waals surface area contributed by atoms with Crippen LogP contribution in [0.2, 0.25) is 0 Å². The number of carbonyl (C=O) groups excluding carboxylic acids is 2. The predicted molar refractivity (Wildman–Crippen MR) is 97.9 cm³/mol. The number of Topliss-reactive ketones (excluding diaryl/α,β-unsaturated/α-hetero) is 1. The van der Waals surface area contributed by atoms with Crippen molar-refractivity contribution in [3.8, 4) is 0 Å². The van der Waals surface area contributed by atoms with Gasteiger partial charge in [-0.2, -0.15) is 0 Å². The molecule has 0 N–H and O–H groups in total. The monoisotopic (exact) mass is 353 g/mol. The average molecular weight is 353 g/mol. The first-order valence-corrected chi connectivity index (χ1v) is 8.02. The number of hydrogen-bond acceptors (Lipinski definition) is 5. The molecule has 0 radical (unpaired) electrons. The Hall–Kier alpha value is -3.28. The van der Waals surface area contributed by atoms with Crippen molar-refractivity contribution in [2.24, 2.45) is 0 Å². The Kier molecular flexibility index (Phi) is 6.01. The molecular weight excluding hydrogens is 334 g/mol. The van der Waals surface area contributed by atoms with Gasteiger partial charge in [0.25, 0.3) is 5.69 Å². The van der Waals surface area contributed by atoms with E-state index in [1.807, 2.05) is 19.9 Å². The molecular formula is C20H19NO5. The fourth-order valence-electron chi connectivity index (χ4n) is 2.27. The molecule has 1 atom stereocenters. The maximum Gasteiger partial charge on any atom is 0.331 e. The van der Waals surface area contributed by atoms with Gasteiger partial charge in [0.1, 0.15) is 0 Å². The fourth-order valence-corrected chi connectivity index (χ4v) is 2.27. The standard InChI is InChI=1S/C20H19NO5/c1-13-4-8-17(12-14(13)2)20(23)15(3)26-19(22)11-7-16-5-9-18(10-6-16)21(24)25/h4-12,15H,1-3H3/b11-7+/t15-/m1/s1. The second kappa shape index (κ2) is 8.20. The van der Waals surface area contributed by atoms with Gasteiger partial charge in [-0.1, -0.05) is 12.1 Å². The zero-order valence-corrected chi connectivity index (χ0v) is 14.8. The zero-order chi connectivity index (χ0) is 19.3. The number of hydrogen-bond donors (Lipinski definition) is 0. The van der Waals surface area contributed by atoms with E-state index in [0.29, 0.717) is 11.1 Å². The molecule has 0 amide bonds. The van der Waals surface area contributed by atoms with E-state index in [1.165, 1.54) is 43.3 Å². The number of carbonyl (C=O) groups is 2. The first-order valence-electron chi connectivity index (χ1n) is 8.02. The molecule has 0 heterocycles. The van der Waals surface area contributed by atoms with Crippen LogP contribution in [0.5, 0.6) is 0 Å².